The van der Waals surface area contributed by atoms with Crippen molar-refractivity contribution in [1.29, 1.82) is 0 Å². The summed E-state index contributed by atoms with van der Waals surface area (Å²) >= 11 is 0. The summed E-state index contributed by atoms with van der Waals surface area (Å²) in [6.45, 7) is 4.17. The molecule has 0 radical (unpaired) electrons. The number of amides is 2. The van der Waals surface area contributed by atoms with Crippen LogP contribution < -0.4 is 10.2 Å². The zero-order chi connectivity index (χ0) is 18.8. The van der Waals surface area contributed by atoms with Crippen molar-refractivity contribution in [2.75, 3.05) is 18.0 Å². The summed E-state index contributed by atoms with van der Waals surface area (Å²) in [4.78, 5) is 33.7. The van der Waals surface area contributed by atoms with Crippen molar-refractivity contribution < 1.29 is 9.59 Å². The zero-order valence-corrected chi connectivity index (χ0v) is 15.5. The van der Waals surface area contributed by atoms with Crippen LogP contribution in [-0.4, -0.2) is 41.0 Å². The number of nitrogens with zero attached hydrogens (tertiary/aromatic N) is 3. The topological polar surface area (TPSA) is 65.5 Å². The average molecular weight is 364 g/mol. The highest BCUT2D eigenvalue weighted by Crippen LogP contribution is 2.35. The van der Waals surface area contributed by atoms with Crippen LogP contribution in [0.15, 0.2) is 42.7 Å². The van der Waals surface area contributed by atoms with Gasteiger partial charge >= 0.3 is 0 Å². The van der Waals surface area contributed by atoms with Gasteiger partial charge in [0.25, 0.3) is 11.8 Å². The number of nitrogens with one attached hydrogen (secondary N) is 1. The van der Waals surface area contributed by atoms with Gasteiger partial charge in [-0.25, -0.2) is 0 Å². The maximum absolute atomic E-state index is 12.9. The summed E-state index contributed by atoms with van der Waals surface area (Å²) in [5, 5.41) is 2.94. The van der Waals surface area contributed by atoms with Crippen LogP contribution in [0.1, 0.15) is 52.5 Å². The fraction of sp³-hybridized carbons (Fsp3) is 0.381. The molecule has 2 aliphatic rings. The van der Waals surface area contributed by atoms with Gasteiger partial charge in [-0.3, -0.25) is 14.6 Å². The lowest BCUT2D eigenvalue weighted by Crippen LogP contribution is -2.57. The van der Waals surface area contributed by atoms with E-state index in [1.165, 1.54) is 0 Å². The van der Waals surface area contributed by atoms with Gasteiger partial charge in [0.1, 0.15) is 6.17 Å². The second-order valence-electron chi connectivity index (χ2n) is 7.03. The van der Waals surface area contributed by atoms with Crippen molar-refractivity contribution >= 4 is 17.5 Å². The molecule has 4 rings (SSSR count). The predicted molar refractivity (Wildman–Crippen MR) is 104 cm³/mol. The van der Waals surface area contributed by atoms with E-state index >= 15 is 0 Å². The number of hydrogen-bond donors (Lipinski definition) is 1. The average Bonchev–Trinajstić information content (AvgIpc) is 2.73. The Balaban J connectivity index is 1.58. The van der Waals surface area contributed by atoms with Crippen molar-refractivity contribution in [1.82, 2.24) is 15.2 Å². The number of aromatic nitrogens is 1. The molecule has 0 aliphatic carbocycles. The number of benzene rings is 1. The van der Waals surface area contributed by atoms with Crippen LogP contribution in [0.5, 0.6) is 0 Å². The molecule has 6 heteroatoms. The smallest absolute Gasteiger partial charge is 0.257 e. The van der Waals surface area contributed by atoms with Crippen LogP contribution >= 0.6 is 0 Å². The second-order valence-corrected chi connectivity index (χ2v) is 7.03. The Bertz CT molecular complexity index is 853. The van der Waals surface area contributed by atoms with Gasteiger partial charge in [0.2, 0.25) is 0 Å². The Kier molecular flexibility index (Phi) is 4.79. The Morgan fingerprint density at radius 3 is 2.81 bits per heavy atom. The lowest BCUT2D eigenvalue weighted by Gasteiger charge is -2.47. The minimum atomic E-state index is -0.135. The monoisotopic (exact) mass is 364 g/mol. The van der Waals surface area contributed by atoms with E-state index in [4.69, 9.17) is 0 Å². The van der Waals surface area contributed by atoms with Gasteiger partial charge < -0.3 is 15.1 Å². The third-order valence-corrected chi connectivity index (χ3v) is 5.43. The van der Waals surface area contributed by atoms with E-state index in [0.717, 1.165) is 43.6 Å². The number of hydrogen-bond acceptors (Lipinski definition) is 4. The summed E-state index contributed by atoms with van der Waals surface area (Å²) < 4.78 is 0. The van der Waals surface area contributed by atoms with E-state index in [0.29, 0.717) is 17.7 Å². The molecule has 0 spiro atoms. The van der Waals surface area contributed by atoms with Gasteiger partial charge in [-0.2, -0.15) is 0 Å². The van der Waals surface area contributed by atoms with E-state index < -0.39 is 0 Å². The third kappa shape index (κ3) is 3.27. The summed E-state index contributed by atoms with van der Waals surface area (Å²) in [5.41, 5.74) is 3.15. The molecule has 0 bridgehead atoms. The summed E-state index contributed by atoms with van der Waals surface area (Å²) in [6, 6.07) is 9.17. The molecule has 6 nitrogen and oxygen atoms in total. The molecule has 1 N–H and O–H groups in total. The number of carbonyl (C=O) groups is 2. The molecule has 3 heterocycles. The molecule has 2 aromatic rings. The molecular formula is C21H24N4O2. The number of pyridine rings is 1. The van der Waals surface area contributed by atoms with E-state index in [-0.39, 0.29) is 18.0 Å². The van der Waals surface area contributed by atoms with E-state index in [9.17, 15) is 9.59 Å². The Morgan fingerprint density at radius 2 is 2.04 bits per heavy atom. The van der Waals surface area contributed by atoms with E-state index in [1.54, 1.807) is 24.5 Å². The number of rotatable bonds is 4. The summed E-state index contributed by atoms with van der Waals surface area (Å²) in [6.07, 6.45) is 6.70. The first-order valence-electron chi connectivity index (χ1n) is 9.58. The van der Waals surface area contributed by atoms with Gasteiger partial charge in [0, 0.05) is 37.6 Å². The molecule has 1 aromatic carbocycles. The lowest BCUT2D eigenvalue weighted by atomic mass is 9.97. The molecule has 1 saturated heterocycles. The molecule has 1 atom stereocenters. The molecule has 1 unspecified atom stereocenters. The van der Waals surface area contributed by atoms with Gasteiger partial charge in [-0.05, 0) is 62.1 Å². The molecule has 0 saturated carbocycles. The van der Waals surface area contributed by atoms with Gasteiger partial charge in [-0.15, -0.1) is 0 Å². The van der Waals surface area contributed by atoms with Crippen LogP contribution in [0.3, 0.4) is 0 Å². The van der Waals surface area contributed by atoms with Crippen LogP contribution in [0.2, 0.25) is 0 Å². The normalized spacial score (nSPS) is 18.7. The maximum Gasteiger partial charge on any atom is 0.257 e. The fourth-order valence-electron chi connectivity index (χ4n) is 4.05. The molecule has 2 amide bonds. The molecule has 27 heavy (non-hydrogen) atoms. The van der Waals surface area contributed by atoms with Crippen molar-refractivity contribution in [2.45, 2.75) is 38.9 Å². The Hall–Kier alpha value is -2.89. The number of carbonyl (C=O) groups excluding carboxylic acids is 2. The molecule has 140 valence electrons. The highest BCUT2D eigenvalue weighted by atomic mass is 16.2. The van der Waals surface area contributed by atoms with Gasteiger partial charge in [0.15, 0.2) is 0 Å². The number of anilines is 1. The van der Waals surface area contributed by atoms with E-state index in [1.807, 2.05) is 23.1 Å². The van der Waals surface area contributed by atoms with E-state index in [2.05, 4.69) is 22.1 Å². The third-order valence-electron chi connectivity index (χ3n) is 5.43. The Labute approximate surface area is 159 Å². The van der Waals surface area contributed by atoms with Crippen LogP contribution in [0.4, 0.5) is 5.69 Å². The first-order valence-corrected chi connectivity index (χ1v) is 9.58. The fourth-order valence-corrected chi connectivity index (χ4v) is 4.05. The van der Waals surface area contributed by atoms with Crippen LogP contribution in [0, 0.1) is 0 Å². The maximum atomic E-state index is 12.9. The predicted octanol–water partition coefficient (Wildman–Crippen LogP) is 2.80. The highest BCUT2D eigenvalue weighted by molar-refractivity contribution is 6.04. The van der Waals surface area contributed by atoms with Crippen molar-refractivity contribution in [2.24, 2.45) is 0 Å². The largest absolute Gasteiger partial charge is 0.351 e. The SMILES string of the molecule is CCN1c2cc(C(=O)NCc3ccncc3)ccc2C(=O)N2CCCCC21. The first-order chi connectivity index (χ1) is 13.2. The lowest BCUT2D eigenvalue weighted by molar-refractivity contribution is 0.0582. The van der Waals surface area contributed by atoms with Crippen LogP contribution in [-0.2, 0) is 6.54 Å². The standard InChI is InChI=1S/C21H24N4O2/c1-2-24-18-13-16(20(26)23-14-15-8-10-22-11-9-15)6-7-17(18)21(27)25-12-4-3-5-19(24)25/h6-11,13,19H,2-5,12,14H2,1H3,(H,23,26). The zero-order valence-electron chi connectivity index (χ0n) is 15.5. The second kappa shape index (κ2) is 7.39. The van der Waals surface area contributed by atoms with Crippen molar-refractivity contribution in [3.63, 3.8) is 0 Å². The minimum absolute atomic E-state index is 0.0862. The number of piperidine rings is 1. The Morgan fingerprint density at radius 1 is 1.22 bits per heavy atom. The first kappa shape index (κ1) is 17.5. The van der Waals surface area contributed by atoms with Gasteiger partial charge in [0.05, 0.1) is 11.3 Å². The number of fused-ring (bicyclic) bond motifs is 2. The summed E-state index contributed by atoms with van der Waals surface area (Å²) in [7, 11) is 0. The minimum Gasteiger partial charge on any atom is -0.351 e. The molecule has 1 aromatic heterocycles. The van der Waals surface area contributed by atoms with Crippen LogP contribution in [0.25, 0.3) is 0 Å². The molecule has 2 aliphatic heterocycles. The highest BCUT2D eigenvalue weighted by Gasteiger charge is 2.38. The van der Waals surface area contributed by atoms with Crippen molar-refractivity contribution in [3.8, 4) is 0 Å². The van der Waals surface area contributed by atoms with Gasteiger partial charge in [-0.1, -0.05) is 0 Å². The molecule has 1 fully saturated rings. The molecular weight excluding hydrogens is 340 g/mol. The summed E-state index contributed by atoms with van der Waals surface area (Å²) in [5.74, 6) is -0.0488. The van der Waals surface area contributed by atoms with Crippen molar-refractivity contribution in [3.05, 3.63) is 59.4 Å². The quantitative estimate of drug-likeness (QED) is 0.906.